The fourth-order valence-electron chi connectivity index (χ4n) is 4.68. The maximum Gasteiger partial charge on any atom is 0.255 e. The average molecular weight is 500 g/mol. The van der Waals surface area contributed by atoms with Crippen molar-refractivity contribution in [3.63, 3.8) is 0 Å². The quantitative estimate of drug-likeness (QED) is 0.474. The van der Waals surface area contributed by atoms with Crippen LogP contribution in [0.15, 0.2) is 60.7 Å². The number of nitrogens with zero attached hydrogens (tertiary/aromatic N) is 3. The van der Waals surface area contributed by atoms with Crippen LogP contribution in [-0.2, 0) is 11.2 Å². The molecule has 0 radical (unpaired) electrons. The van der Waals surface area contributed by atoms with Crippen LogP contribution in [0.3, 0.4) is 0 Å². The lowest BCUT2D eigenvalue weighted by molar-refractivity contribution is -0.132. The summed E-state index contributed by atoms with van der Waals surface area (Å²) in [4.78, 5) is 31.8. The highest BCUT2D eigenvalue weighted by atomic mass is 19.1. The minimum absolute atomic E-state index is 0.0147. The number of likely N-dealkylation sites (tertiary alicyclic amines) is 1. The van der Waals surface area contributed by atoms with Gasteiger partial charge >= 0.3 is 0 Å². The van der Waals surface area contributed by atoms with Gasteiger partial charge in [0.1, 0.15) is 11.6 Å². The van der Waals surface area contributed by atoms with Gasteiger partial charge in [0.05, 0.1) is 22.9 Å². The number of rotatable bonds is 8. The van der Waals surface area contributed by atoms with Gasteiger partial charge in [0.2, 0.25) is 5.91 Å². The van der Waals surface area contributed by atoms with Crippen molar-refractivity contribution < 1.29 is 14.0 Å². The summed E-state index contributed by atoms with van der Waals surface area (Å²) in [6.45, 7) is 3.06. The summed E-state index contributed by atoms with van der Waals surface area (Å²) in [7, 11) is 0. The number of pyridine rings is 1. The van der Waals surface area contributed by atoms with Crippen LogP contribution in [0.5, 0.6) is 0 Å². The molecule has 0 unspecified atom stereocenters. The first-order valence-electron chi connectivity index (χ1n) is 12.5. The van der Waals surface area contributed by atoms with Crippen molar-refractivity contribution in [3.8, 4) is 17.3 Å². The van der Waals surface area contributed by atoms with Crippen LogP contribution in [0.4, 0.5) is 10.2 Å². The molecule has 190 valence electrons. The molecule has 0 saturated carbocycles. The number of hydrogen-bond donors (Lipinski definition) is 2. The maximum absolute atomic E-state index is 13.6. The van der Waals surface area contributed by atoms with Gasteiger partial charge in [-0.3, -0.25) is 9.59 Å². The Labute approximate surface area is 216 Å². The number of amides is 2. The summed E-state index contributed by atoms with van der Waals surface area (Å²) in [6.07, 6.45) is 3.38. The van der Waals surface area contributed by atoms with Crippen molar-refractivity contribution in [3.05, 3.63) is 83.2 Å². The van der Waals surface area contributed by atoms with Crippen LogP contribution in [0.25, 0.3) is 11.3 Å². The number of hydrogen-bond acceptors (Lipinski definition) is 5. The highest BCUT2D eigenvalue weighted by Crippen LogP contribution is 2.25. The van der Waals surface area contributed by atoms with Crippen LogP contribution < -0.4 is 10.6 Å². The van der Waals surface area contributed by atoms with Crippen molar-refractivity contribution in [1.29, 1.82) is 5.26 Å². The maximum atomic E-state index is 13.6. The molecule has 1 aliphatic rings. The smallest absolute Gasteiger partial charge is 0.255 e. The molecule has 1 atom stereocenters. The zero-order valence-electron chi connectivity index (χ0n) is 20.8. The Morgan fingerprint density at radius 1 is 1.14 bits per heavy atom. The number of halogens is 1. The third-order valence-electron chi connectivity index (χ3n) is 6.59. The van der Waals surface area contributed by atoms with E-state index in [9.17, 15) is 19.2 Å². The number of anilines is 1. The SMILES string of the molecule is CC(=O)N1CCCC[C@@H]1CNC(=O)c1ccc(-c2ccccc2C#N)nc1NCCc1cccc(F)c1. The highest BCUT2D eigenvalue weighted by Gasteiger charge is 2.25. The van der Waals surface area contributed by atoms with E-state index >= 15 is 0 Å². The van der Waals surface area contributed by atoms with Crippen LogP contribution in [-0.4, -0.2) is 47.4 Å². The van der Waals surface area contributed by atoms with Gasteiger partial charge < -0.3 is 15.5 Å². The number of nitrogens with one attached hydrogen (secondary N) is 2. The monoisotopic (exact) mass is 499 g/mol. The van der Waals surface area contributed by atoms with E-state index in [1.165, 1.54) is 12.1 Å². The molecular formula is C29H30FN5O2. The molecule has 1 aliphatic heterocycles. The van der Waals surface area contributed by atoms with E-state index in [-0.39, 0.29) is 23.7 Å². The number of nitriles is 1. The number of carbonyl (C=O) groups is 2. The van der Waals surface area contributed by atoms with E-state index in [2.05, 4.69) is 16.7 Å². The second-order valence-electron chi connectivity index (χ2n) is 9.13. The van der Waals surface area contributed by atoms with Crippen molar-refractivity contribution in [2.75, 3.05) is 25.0 Å². The minimum atomic E-state index is -0.298. The zero-order chi connectivity index (χ0) is 26.2. The molecule has 0 bridgehead atoms. The lowest BCUT2D eigenvalue weighted by Gasteiger charge is -2.35. The van der Waals surface area contributed by atoms with Gasteiger partial charge in [-0.1, -0.05) is 30.3 Å². The molecule has 1 aromatic heterocycles. The first kappa shape index (κ1) is 25.8. The molecule has 0 spiro atoms. The average Bonchev–Trinajstić information content (AvgIpc) is 2.91. The second-order valence-corrected chi connectivity index (χ2v) is 9.13. The summed E-state index contributed by atoms with van der Waals surface area (Å²) < 4.78 is 13.6. The molecule has 7 nitrogen and oxygen atoms in total. The van der Waals surface area contributed by atoms with Gasteiger partial charge in [0.15, 0.2) is 0 Å². The summed E-state index contributed by atoms with van der Waals surface area (Å²) in [5.74, 6) is -0.199. The molecule has 2 aromatic carbocycles. The largest absolute Gasteiger partial charge is 0.369 e. The summed E-state index contributed by atoms with van der Waals surface area (Å²) in [5, 5.41) is 15.7. The molecule has 37 heavy (non-hydrogen) atoms. The van der Waals surface area contributed by atoms with Crippen LogP contribution in [0.1, 0.15) is 47.7 Å². The van der Waals surface area contributed by atoms with Gasteiger partial charge in [0, 0.05) is 38.2 Å². The number of benzene rings is 2. The Morgan fingerprint density at radius 3 is 2.76 bits per heavy atom. The molecule has 2 N–H and O–H groups in total. The highest BCUT2D eigenvalue weighted by molar-refractivity contribution is 5.99. The van der Waals surface area contributed by atoms with Gasteiger partial charge in [-0.05, 0) is 61.6 Å². The topological polar surface area (TPSA) is 98.1 Å². The molecule has 8 heteroatoms. The molecule has 0 aliphatic carbocycles. The molecule has 2 amide bonds. The van der Waals surface area contributed by atoms with E-state index in [0.29, 0.717) is 54.3 Å². The molecular weight excluding hydrogens is 469 g/mol. The molecule has 1 fully saturated rings. The van der Waals surface area contributed by atoms with Crippen LogP contribution >= 0.6 is 0 Å². The molecule has 3 aromatic rings. The van der Waals surface area contributed by atoms with Crippen molar-refractivity contribution in [1.82, 2.24) is 15.2 Å². The van der Waals surface area contributed by atoms with E-state index in [1.54, 1.807) is 37.3 Å². The Bertz CT molecular complexity index is 1320. The third-order valence-corrected chi connectivity index (χ3v) is 6.59. The fraction of sp³-hybridized carbons (Fsp3) is 0.310. The standard InChI is InChI=1S/C29H30FN5O2/c1-20(36)35-16-5-4-10-24(35)19-33-29(37)26-12-13-27(25-11-3-2-8-22(25)18-31)34-28(26)32-15-14-21-7-6-9-23(30)17-21/h2-3,6-9,11-13,17,24H,4-5,10,14-16,19H2,1H3,(H,32,34)(H,33,37)/t24-/m1/s1. The Kier molecular flexibility index (Phi) is 8.47. The lowest BCUT2D eigenvalue weighted by atomic mass is 10.0. The van der Waals surface area contributed by atoms with Gasteiger partial charge in [-0.2, -0.15) is 5.26 Å². The molecule has 1 saturated heterocycles. The lowest BCUT2D eigenvalue weighted by Crippen LogP contribution is -2.48. The van der Waals surface area contributed by atoms with Gasteiger partial charge in [-0.15, -0.1) is 0 Å². The first-order chi connectivity index (χ1) is 18.0. The van der Waals surface area contributed by atoms with Gasteiger partial charge in [-0.25, -0.2) is 9.37 Å². The summed E-state index contributed by atoms with van der Waals surface area (Å²) >= 11 is 0. The fourth-order valence-corrected chi connectivity index (χ4v) is 4.68. The predicted molar refractivity (Wildman–Crippen MR) is 140 cm³/mol. The minimum Gasteiger partial charge on any atom is -0.369 e. The first-order valence-corrected chi connectivity index (χ1v) is 12.5. The van der Waals surface area contributed by atoms with Crippen LogP contribution in [0, 0.1) is 17.1 Å². The number of aromatic nitrogens is 1. The van der Waals surface area contributed by atoms with E-state index in [4.69, 9.17) is 4.98 Å². The zero-order valence-corrected chi connectivity index (χ0v) is 20.8. The van der Waals surface area contributed by atoms with Crippen molar-refractivity contribution >= 4 is 17.6 Å². The summed E-state index contributed by atoms with van der Waals surface area (Å²) in [5.41, 5.74) is 2.91. The normalized spacial score (nSPS) is 15.1. The molecule has 2 heterocycles. The van der Waals surface area contributed by atoms with Crippen LogP contribution in [0.2, 0.25) is 0 Å². The van der Waals surface area contributed by atoms with Crippen molar-refractivity contribution in [2.24, 2.45) is 0 Å². The number of carbonyl (C=O) groups excluding carboxylic acids is 2. The van der Waals surface area contributed by atoms with E-state index < -0.39 is 0 Å². The van der Waals surface area contributed by atoms with Crippen molar-refractivity contribution in [2.45, 2.75) is 38.6 Å². The Hall–Kier alpha value is -4.25. The van der Waals surface area contributed by atoms with Gasteiger partial charge in [0.25, 0.3) is 5.91 Å². The molecule has 4 rings (SSSR count). The summed E-state index contributed by atoms with van der Waals surface area (Å²) in [6, 6.07) is 19.1. The number of piperidine rings is 1. The third kappa shape index (κ3) is 6.50. The van der Waals surface area contributed by atoms with E-state index in [0.717, 1.165) is 24.8 Å². The Morgan fingerprint density at radius 2 is 1.97 bits per heavy atom. The predicted octanol–water partition coefficient (Wildman–Crippen LogP) is 4.54. The second kappa shape index (κ2) is 12.1. The Balaban J connectivity index is 1.55. The van der Waals surface area contributed by atoms with E-state index in [1.807, 2.05) is 23.1 Å².